The van der Waals surface area contributed by atoms with Crippen molar-refractivity contribution in [2.75, 3.05) is 12.3 Å². The molecule has 1 saturated heterocycles. The quantitative estimate of drug-likeness (QED) is 0.556. The zero-order valence-electron chi connectivity index (χ0n) is 18.6. The van der Waals surface area contributed by atoms with Crippen molar-refractivity contribution in [2.24, 2.45) is 11.8 Å². The van der Waals surface area contributed by atoms with E-state index in [1.807, 2.05) is 0 Å². The number of carbonyl (C=O) groups excluding carboxylic acids is 1. The lowest BCUT2D eigenvalue weighted by Crippen LogP contribution is -2.32. The fourth-order valence-electron chi connectivity index (χ4n) is 4.87. The van der Waals surface area contributed by atoms with Crippen LogP contribution < -0.4 is 11.1 Å². The lowest BCUT2D eigenvalue weighted by molar-refractivity contribution is -0.139. The largest absolute Gasteiger partial charge is 0.418 e. The second-order valence-electron chi connectivity index (χ2n) is 8.99. The Morgan fingerprint density at radius 1 is 1.09 bits per heavy atom. The highest BCUT2D eigenvalue weighted by molar-refractivity contribution is 6.12. The summed E-state index contributed by atoms with van der Waals surface area (Å²) in [6.07, 6.45) is 0.0156. The number of alkyl halides is 3. The van der Waals surface area contributed by atoms with Crippen molar-refractivity contribution in [1.82, 2.24) is 25.3 Å². The first-order valence-electron chi connectivity index (χ1n) is 11.0. The molecule has 7 nitrogen and oxygen atoms in total. The van der Waals surface area contributed by atoms with E-state index in [2.05, 4.69) is 25.3 Å². The Labute approximate surface area is 194 Å². The van der Waals surface area contributed by atoms with E-state index in [1.165, 1.54) is 13.0 Å². The SMILES string of the molecule is Cc1cc(-c2ncccn2)cc(C(=O)c2c(N)nc(C3CC4CC4CN3)c(C(F)(F)F)c2C)n1. The zero-order valence-corrected chi connectivity index (χ0v) is 18.6. The third-order valence-electron chi connectivity index (χ3n) is 6.59. The number of nitrogens with one attached hydrogen (secondary N) is 1. The number of carbonyl (C=O) groups is 1. The topological polar surface area (TPSA) is 107 Å². The van der Waals surface area contributed by atoms with E-state index in [0.717, 1.165) is 6.42 Å². The van der Waals surface area contributed by atoms with Crippen LogP contribution in [0.1, 0.15) is 57.5 Å². The van der Waals surface area contributed by atoms with Crippen LogP contribution in [-0.2, 0) is 6.18 Å². The Kier molecular flexibility index (Phi) is 5.35. The number of nitrogens with zero attached hydrogens (tertiary/aromatic N) is 4. The average Bonchev–Trinajstić information content (AvgIpc) is 3.56. The standard InChI is InChI=1S/C24H23F3N6O/c1-11-6-14(23-29-4-3-5-30-23)9-17(32-11)21(34)18-12(2)19(24(25,26)27)20(33-22(18)28)16-8-13-7-15(13)10-31-16/h3-6,9,13,15-16,31H,7-8,10H2,1-2H3,(H2,28,33). The second kappa shape index (κ2) is 8.12. The van der Waals surface area contributed by atoms with Gasteiger partial charge < -0.3 is 11.1 Å². The van der Waals surface area contributed by atoms with Crippen LogP contribution >= 0.6 is 0 Å². The number of pyridine rings is 2. The molecule has 0 amide bonds. The normalized spacial score (nSPS) is 21.7. The fraction of sp³-hybridized carbons (Fsp3) is 0.375. The third-order valence-corrected chi connectivity index (χ3v) is 6.59. The van der Waals surface area contributed by atoms with Gasteiger partial charge in [-0.3, -0.25) is 4.79 Å². The molecule has 0 bridgehead atoms. The molecule has 0 radical (unpaired) electrons. The van der Waals surface area contributed by atoms with Crippen molar-refractivity contribution < 1.29 is 18.0 Å². The van der Waals surface area contributed by atoms with E-state index in [4.69, 9.17) is 5.73 Å². The summed E-state index contributed by atoms with van der Waals surface area (Å²) >= 11 is 0. The molecule has 3 N–H and O–H groups in total. The Bertz CT molecular complexity index is 1280. The van der Waals surface area contributed by atoms with E-state index >= 15 is 0 Å². The molecule has 1 aliphatic carbocycles. The number of hydrogen-bond acceptors (Lipinski definition) is 7. The lowest BCUT2D eigenvalue weighted by Gasteiger charge is -2.27. The van der Waals surface area contributed by atoms with Crippen LogP contribution in [0.15, 0.2) is 30.6 Å². The monoisotopic (exact) mass is 468 g/mol. The number of piperidine rings is 1. The third kappa shape index (κ3) is 4.02. The first kappa shape index (κ1) is 22.4. The van der Waals surface area contributed by atoms with Gasteiger partial charge in [-0.05, 0) is 68.8 Å². The van der Waals surface area contributed by atoms with Gasteiger partial charge in [0.1, 0.15) is 11.5 Å². The molecule has 2 aliphatic rings. The number of anilines is 1. The van der Waals surface area contributed by atoms with Gasteiger partial charge in [-0.15, -0.1) is 0 Å². The van der Waals surface area contributed by atoms with Crippen LogP contribution in [0.3, 0.4) is 0 Å². The maximum absolute atomic E-state index is 14.2. The number of hydrogen-bond donors (Lipinski definition) is 2. The highest BCUT2D eigenvalue weighted by Crippen LogP contribution is 2.49. The number of aromatic nitrogens is 4. The van der Waals surface area contributed by atoms with Gasteiger partial charge in [0.2, 0.25) is 5.78 Å². The maximum atomic E-state index is 14.2. The summed E-state index contributed by atoms with van der Waals surface area (Å²) in [5.74, 6) is 0.357. The van der Waals surface area contributed by atoms with Gasteiger partial charge in [0.25, 0.3) is 0 Å². The van der Waals surface area contributed by atoms with Crippen molar-refractivity contribution in [3.05, 3.63) is 64.4 Å². The summed E-state index contributed by atoms with van der Waals surface area (Å²) in [6.45, 7) is 3.62. The molecule has 3 unspecified atom stereocenters. The molecule has 3 aromatic rings. The molecule has 3 aromatic heterocycles. The smallest absolute Gasteiger partial charge is 0.383 e. The van der Waals surface area contributed by atoms with Crippen molar-refractivity contribution in [2.45, 2.75) is 38.9 Å². The van der Waals surface area contributed by atoms with Crippen LogP contribution in [0.25, 0.3) is 11.4 Å². The first-order chi connectivity index (χ1) is 16.1. The van der Waals surface area contributed by atoms with Crippen molar-refractivity contribution in [3.63, 3.8) is 0 Å². The highest BCUT2D eigenvalue weighted by atomic mass is 19.4. The number of fused-ring (bicyclic) bond motifs is 1. The molecule has 1 aliphatic heterocycles. The molecule has 176 valence electrons. The minimum absolute atomic E-state index is 0.0449. The van der Waals surface area contributed by atoms with E-state index in [-0.39, 0.29) is 28.3 Å². The summed E-state index contributed by atoms with van der Waals surface area (Å²) in [6, 6.07) is 4.26. The van der Waals surface area contributed by atoms with Gasteiger partial charge in [0.05, 0.1) is 22.9 Å². The lowest BCUT2D eigenvalue weighted by atomic mass is 9.91. The van der Waals surface area contributed by atoms with Gasteiger partial charge in [0, 0.05) is 23.7 Å². The number of nitrogens with two attached hydrogens (primary N) is 1. The molecule has 34 heavy (non-hydrogen) atoms. The van der Waals surface area contributed by atoms with E-state index in [1.54, 1.807) is 31.5 Å². The Morgan fingerprint density at radius 2 is 1.82 bits per heavy atom. The van der Waals surface area contributed by atoms with Crippen molar-refractivity contribution in [3.8, 4) is 11.4 Å². The molecule has 4 heterocycles. The minimum Gasteiger partial charge on any atom is -0.383 e. The summed E-state index contributed by atoms with van der Waals surface area (Å²) in [5.41, 5.74) is 5.55. The van der Waals surface area contributed by atoms with E-state index in [0.29, 0.717) is 41.9 Å². The molecular formula is C24H23F3N6O. The molecule has 1 saturated carbocycles. The summed E-state index contributed by atoms with van der Waals surface area (Å²) in [4.78, 5) is 30.2. The van der Waals surface area contributed by atoms with E-state index < -0.39 is 23.6 Å². The number of ketones is 1. The van der Waals surface area contributed by atoms with Crippen LogP contribution in [0, 0.1) is 25.7 Å². The van der Waals surface area contributed by atoms with Gasteiger partial charge >= 0.3 is 6.18 Å². The molecule has 3 atom stereocenters. The van der Waals surface area contributed by atoms with E-state index in [9.17, 15) is 18.0 Å². The predicted octanol–water partition coefficient (Wildman–Crippen LogP) is 4.05. The Hall–Kier alpha value is -3.40. The maximum Gasteiger partial charge on any atom is 0.418 e. The second-order valence-corrected chi connectivity index (χ2v) is 8.99. The van der Waals surface area contributed by atoms with Crippen LogP contribution in [0.2, 0.25) is 0 Å². The summed E-state index contributed by atoms with van der Waals surface area (Å²) in [7, 11) is 0. The predicted molar refractivity (Wildman–Crippen MR) is 119 cm³/mol. The van der Waals surface area contributed by atoms with Gasteiger partial charge in [-0.25, -0.2) is 19.9 Å². The average molecular weight is 468 g/mol. The van der Waals surface area contributed by atoms with Gasteiger partial charge in [-0.2, -0.15) is 13.2 Å². The van der Waals surface area contributed by atoms with Gasteiger partial charge in [-0.1, -0.05) is 0 Å². The molecule has 10 heteroatoms. The van der Waals surface area contributed by atoms with Crippen LogP contribution in [0.4, 0.5) is 19.0 Å². The first-order valence-corrected chi connectivity index (χ1v) is 11.0. The number of halogens is 3. The zero-order chi connectivity index (χ0) is 24.2. The summed E-state index contributed by atoms with van der Waals surface area (Å²) in [5, 5.41) is 3.18. The van der Waals surface area contributed by atoms with Gasteiger partial charge in [0.15, 0.2) is 5.82 Å². The molecule has 0 spiro atoms. The Morgan fingerprint density at radius 3 is 2.50 bits per heavy atom. The molecule has 5 rings (SSSR count). The van der Waals surface area contributed by atoms with Crippen molar-refractivity contribution >= 4 is 11.6 Å². The summed E-state index contributed by atoms with van der Waals surface area (Å²) < 4.78 is 42.7. The highest BCUT2D eigenvalue weighted by Gasteiger charge is 2.46. The number of rotatable bonds is 4. The number of aryl methyl sites for hydroxylation is 1. The van der Waals surface area contributed by atoms with Crippen molar-refractivity contribution in [1.29, 1.82) is 0 Å². The Balaban J connectivity index is 1.60. The molecule has 2 fully saturated rings. The minimum atomic E-state index is -4.69. The fourth-order valence-corrected chi connectivity index (χ4v) is 4.87. The van der Waals surface area contributed by atoms with Crippen LogP contribution in [0.5, 0.6) is 0 Å². The molecule has 0 aromatic carbocycles. The molecular weight excluding hydrogens is 445 g/mol. The number of nitrogen functional groups attached to an aromatic ring is 1. The van der Waals surface area contributed by atoms with Crippen LogP contribution in [-0.4, -0.2) is 32.3 Å².